The summed E-state index contributed by atoms with van der Waals surface area (Å²) in [5.41, 5.74) is 7.00. The Labute approximate surface area is 316 Å². The molecule has 3 atom stereocenters. The summed E-state index contributed by atoms with van der Waals surface area (Å²) in [7, 11) is 3.93. The first-order chi connectivity index (χ1) is 23.0. The van der Waals surface area contributed by atoms with Crippen molar-refractivity contribution in [3.63, 3.8) is 0 Å². The Balaban J connectivity index is 0.00000338. The van der Waals surface area contributed by atoms with Gasteiger partial charge in [-0.25, -0.2) is 14.5 Å². The summed E-state index contributed by atoms with van der Waals surface area (Å²) in [6.07, 6.45) is 3.63. The standard InChI is InChI=1S/C30H43N9O6S3.2ClH/c1-17(2)12-22(41)44-28(18-8-6-5-7-9-18)45-27(43)24-19(15-48-30-34-35-36-38(30)11-10-37(3)4)14-46-26-23(25(42)39(24)26)33-21(40)13-20-16-47-29(31)32-20;;/h16-18,23,26,28H,5-15H2,1-4H3,(H2,31,32)(H,33,40);2*1H/t23-,26-,28?;;/m1../s1. The van der Waals surface area contributed by atoms with E-state index in [-0.39, 0.29) is 61.1 Å². The molecule has 0 bridgehead atoms. The summed E-state index contributed by atoms with van der Waals surface area (Å²) in [6.45, 7) is 5.16. The molecule has 3 aliphatic rings. The van der Waals surface area contributed by atoms with E-state index in [4.69, 9.17) is 15.2 Å². The number of aromatic nitrogens is 5. The molecule has 278 valence electrons. The van der Waals surface area contributed by atoms with Crippen LogP contribution in [-0.4, -0.2) is 109 Å². The van der Waals surface area contributed by atoms with Gasteiger partial charge in [0.05, 0.1) is 18.7 Å². The van der Waals surface area contributed by atoms with Crippen molar-refractivity contribution in [2.45, 2.75) is 88.2 Å². The number of thioether (sulfide) groups is 2. The molecule has 1 aliphatic carbocycles. The molecule has 5 rings (SSSR count). The molecule has 0 spiro atoms. The first kappa shape index (κ1) is 41.8. The predicted molar refractivity (Wildman–Crippen MR) is 196 cm³/mol. The van der Waals surface area contributed by atoms with E-state index in [2.05, 4.69) is 25.8 Å². The van der Waals surface area contributed by atoms with E-state index in [1.165, 1.54) is 39.8 Å². The average Bonchev–Trinajstić information content (AvgIpc) is 3.68. The fourth-order valence-corrected chi connectivity index (χ4v) is 8.71. The van der Waals surface area contributed by atoms with Crippen LogP contribution in [0, 0.1) is 11.8 Å². The number of carbonyl (C=O) groups is 4. The minimum Gasteiger partial charge on any atom is -0.425 e. The van der Waals surface area contributed by atoms with Crippen LogP contribution < -0.4 is 11.1 Å². The van der Waals surface area contributed by atoms with Gasteiger partial charge in [0.2, 0.25) is 11.1 Å². The normalized spacial score (nSPS) is 19.6. The molecule has 0 aromatic carbocycles. The summed E-state index contributed by atoms with van der Waals surface area (Å²) in [4.78, 5) is 61.0. The van der Waals surface area contributed by atoms with Crippen molar-refractivity contribution in [2.75, 3.05) is 37.9 Å². The van der Waals surface area contributed by atoms with E-state index in [0.717, 1.165) is 38.6 Å². The average molecular weight is 795 g/mol. The van der Waals surface area contributed by atoms with E-state index in [1.807, 2.05) is 32.8 Å². The summed E-state index contributed by atoms with van der Waals surface area (Å²) in [6, 6.07) is -0.827. The lowest BCUT2D eigenvalue weighted by Crippen LogP contribution is -2.70. The largest absolute Gasteiger partial charge is 0.425 e. The van der Waals surface area contributed by atoms with Gasteiger partial charge in [-0.3, -0.25) is 19.3 Å². The Hall–Kier alpha value is -2.64. The second-order valence-electron chi connectivity index (χ2n) is 12.8. The van der Waals surface area contributed by atoms with Gasteiger partial charge in [-0.2, -0.15) is 0 Å². The molecule has 50 heavy (non-hydrogen) atoms. The highest BCUT2D eigenvalue weighted by Gasteiger charge is 2.54. The number of carbonyl (C=O) groups excluding carboxylic acids is 4. The van der Waals surface area contributed by atoms with Crippen molar-refractivity contribution in [1.29, 1.82) is 0 Å². The number of nitrogens with two attached hydrogens (primary N) is 1. The fourth-order valence-electron chi connectivity index (χ4n) is 5.76. The highest BCUT2D eigenvalue weighted by atomic mass is 35.5. The Morgan fingerprint density at radius 1 is 1.16 bits per heavy atom. The quantitative estimate of drug-likeness (QED) is 0.116. The maximum atomic E-state index is 14.1. The van der Waals surface area contributed by atoms with Crippen molar-refractivity contribution in [3.8, 4) is 0 Å². The number of likely N-dealkylation sites (N-methyl/N-ethyl adjacent to an activating group) is 1. The van der Waals surface area contributed by atoms with Crippen LogP contribution in [0.2, 0.25) is 0 Å². The molecule has 2 aliphatic heterocycles. The van der Waals surface area contributed by atoms with Crippen molar-refractivity contribution in [2.24, 2.45) is 11.8 Å². The third kappa shape index (κ3) is 10.7. The van der Waals surface area contributed by atoms with E-state index >= 15 is 0 Å². The summed E-state index contributed by atoms with van der Waals surface area (Å²) in [5, 5.41) is 17.0. The van der Waals surface area contributed by atoms with Gasteiger partial charge in [-0.1, -0.05) is 44.9 Å². The number of nitrogens with one attached hydrogen (secondary N) is 1. The zero-order valence-corrected chi connectivity index (χ0v) is 32.5. The zero-order chi connectivity index (χ0) is 34.4. The number of hydrogen-bond acceptors (Lipinski definition) is 15. The number of thiazole rings is 1. The number of anilines is 1. The van der Waals surface area contributed by atoms with Crippen LogP contribution in [0.3, 0.4) is 0 Å². The summed E-state index contributed by atoms with van der Waals surface area (Å²) in [5.74, 6) is -1.28. The number of rotatable bonds is 15. The number of halogens is 2. The van der Waals surface area contributed by atoms with Gasteiger partial charge in [0, 0.05) is 35.8 Å². The first-order valence-electron chi connectivity index (χ1n) is 16.1. The van der Waals surface area contributed by atoms with Gasteiger partial charge >= 0.3 is 11.9 Å². The molecule has 15 nitrogen and oxygen atoms in total. The van der Waals surface area contributed by atoms with Crippen LogP contribution in [0.25, 0.3) is 0 Å². The number of esters is 2. The number of fused-ring (bicyclic) bond motifs is 1. The SMILES string of the molecule is CC(C)CC(=O)OC(OC(=O)C1=C(CSc2nnnn2CCN(C)C)CS[C@@H]2[C@H](NC(=O)Cc3csc(N)n3)C(=O)N12)C1CCCCC1.Cl.Cl. The van der Waals surface area contributed by atoms with Gasteiger partial charge in [0.1, 0.15) is 17.1 Å². The molecular formula is C30H45Cl2N9O6S3. The molecule has 3 N–H and O–H groups in total. The smallest absolute Gasteiger partial charge is 0.358 e. The Kier molecular flexibility index (Phi) is 16.1. The second kappa shape index (κ2) is 19.3. The second-order valence-corrected chi connectivity index (χ2v) is 15.7. The number of nitrogen functional groups attached to an aromatic ring is 1. The predicted octanol–water partition coefficient (Wildman–Crippen LogP) is 3.14. The Morgan fingerprint density at radius 2 is 1.90 bits per heavy atom. The number of nitrogens with zero attached hydrogens (tertiary/aromatic N) is 7. The van der Waals surface area contributed by atoms with Crippen molar-refractivity contribution in [1.82, 2.24) is 40.3 Å². The third-order valence-corrected chi connectivity index (χ3v) is 11.3. The van der Waals surface area contributed by atoms with Crippen LogP contribution in [0.4, 0.5) is 5.13 Å². The van der Waals surface area contributed by atoms with Crippen LogP contribution in [0.5, 0.6) is 0 Å². The lowest BCUT2D eigenvalue weighted by Gasteiger charge is -2.50. The number of amides is 2. The molecule has 4 heterocycles. The Morgan fingerprint density at radius 3 is 2.56 bits per heavy atom. The molecule has 1 unspecified atom stereocenters. The minimum atomic E-state index is -1.06. The molecule has 2 amide bonds. The number of β-lactam (4-membered cyclic amide) rings is 1. The number of ether oxygens (including phenoxy) is 2. The van der Waals surface area contributed by atoms with Crippen LogP contribution in [0.15, 0.2) is 21.8 Å². The van der Waals surface area contributed by atoms with Crippen molar-refractivity contribution < 1.29 is 28.7 Å². The van der Waals surface area contributed by atoms with E-state index < -0.39 is 35.6 Å². The van der Waals surface area contributed by atoms with Gasteiger partial charge in [-0.15, -0.1) is 53.0 Å². The summed E-state index contributed by atoms with van der Waals surface area (Å²) >= 11 is 4.05. The van der Waals surface area contributed by atoms with Gasteiger partial charge in [0.25, 0.3) is 12.2 Å². The number of tetrazole rings is 1. The molecule has 2 fully saturated rings. The maximum absolute atomic E-state index is 14.1. The van der Waals surface area contributed by atoms with Crippen LogP contribution >= 0.6 is 59.7 Å². The molecule has 2 aromatic heterocycles. The monoisotopic (exact) mass is 793 g/mol. The minimum absolute atomic E-state index is 0. The first-order valence-corrected chi connectivity index (χ1v) is 19.0. The zero-order valence-electron chi connectivity index (χ0n) is 28.4. The molecular weight excluding hydrogens is 749 g/mol. The lowest BCUT2D eigenvalue weighted by molar-refractivity contribution is -0.200. The van der Waals surface area contributed by atoms with Gasteiger partial charge < -0.3 is 25.4 Å². The fraction of sp³-hybridized carbons (Fsp3) is 0.667. The molecule has 0 radical (unpaired) electrons. The van der Waals surface area contributed by atoms with E-state index in [9.17, 15) is 19.2 Å². The lowest BCUT2D eigenvalue weighted by atomic mass is 9.88. The van der Waals surface area contributed by atoms with Gasteiger partial charge in [-0.05, 0) is 48.9 Å². The van der Waals surface area contributed by atoms with Crippen molar-refractivity contribution >= 4 is 88.6 Å². The molecule has 1 saturated carbocycles. The molecule has 1 saturated heterocycles. The van der Waals surface area contributed by atoms with E-state index in [1.54, 1.807) is 10.1 Å². The van der Waals surface area contributed by atoms with Gasteiger partial charge in [0.15, 0.2) is 5.13 Å². The van der Waals surface area contributed by atoms with Crippen molar-refractivity contribution in [3.05, 3.63) is 22.3 Å². The maximum Gasteiger partial charge on any atom is 0.358 e. The van der Waals surface area contributed by atoms with Crippen LogP contribution in [-0.2, 0) is 41.6 Å². The number of hydrogen-bond donors (Lipinski definition) is 2. The highest BCUT2D eigenvalue weighted by molar-refractivity contribution is 8.01. The third-order valence-electron chi connectivity index (χ3n) is 8.18. The van der Waals surface area contributed by atoms with E-state index in [0.29, 0.717) is 39.6 Å². The van der Waals surface area contributed by atoms with Crippen LogP contribution in [0.1, 0.15) is 58.1 Å². The Bertz CT molecular complexity index is 1520. The molecule has 2 aromatic rings. The highest BCUT2D eigenvalue weighted by Crippen LogP contribution is 2.42. The summed E-state index contributed by atoms with van der Waals surface area (Å²) < 4.78 is 13.5. The molecule has 20 heteroatoms. The topological polar surface area (TPSA) is 188 Å².